The van der Waals surface area contributed by atoms with Crippen LogP contribution in [0.2, 0.25) is 0 Å². The Kier molecular flexibility index (Phi) is 4.79. The number of aromatic nitrogens is 3. The van der Waals surface area contributed by atoms with E-state index in [0.29, 0.717) is 6.54 Å². The maximum absolute atomic E-state index is 12.0. The first-order chi connectivity index (χ1) is 11.6. The normalized spacial score (nSPS) is 11.4. The van der Waals surface area contributed by atoms with Gasteiger partial charge in [-0.3, -0.25) is 4.79 Å². The van der Waals surface area contributed by atoms with E-state index in [0.717, 1.165) is 35.3 Å². The Labute approximate surface area is 141 Å². The first kappa shape index (κ1) is 16.1. The van der Waals surface area contributed by atoms with E-state index < -0.39 is 0 Å². The molecule has 0 aliphatic heterocycles. The molecule has 1 amide bonds. The first-order valence-electron chi connectivity index (χ1n) is 8.13. The summed E-state index contributed by atoms with van der Waals surface area (Å²) < 4.78 is 4.15. The average Bonchev–Trinajstić information content (AvgIpc) is 3.14. The lowest BCUT2D eigenvalue weighted by molar-refractivity contribution is -0.116. The van der Waals surface area contributed by atoms with Crippen LogP contribution in [0.15, 0.2) is 48.9 Å². The molecule has 0 atom stereocenters. The molecule has 0 fully saturated rings. The number of hydrogen-bond donors (Lipinski definition) is 1. The Morgan fingerprint density at radius 3 is 2.96 bits per heavy atom. The molecule has 3 rings (SSSR count). The number of nitrogens with one attached hydrogen (secondary N) is 1. The van der Waals surface area contributed by atoms with Crippen molar-refractivity contribution in [3.05, 3.63) is 60.3 Å². The van der Waals surface area contributed by atoms with Gasteiger partial charge < -0.3 is 14.5 Å². The molecule has 2 aromatic heterocycles. The van der Waals surface area contributed by atoms with Crippen molar-refractivity contribution in [2.75, 3.05) is 6.54 Å². The second kappa shape index (κ2) is 7.17. The highest BCUT2D eigenvalue weighted by atomic mass is 16.1. The van der Waals surface area contributed by atoms with Gasteiger partial charge in [-0.25, -0.2) is 4.98 Å². The molecular formula is C19H22N4O. The van der Waals surface area contributed by atoms with Crippen molar-refractivity contribution >= 4 is 22.9 Å². The maximum atomic E-state index is 12.0. The number of aryl methyl sites for hydroxylation is 3. The van der Waals surface area contributed by atoms with Gasteiger partial charge in [0.25, 0.3) is 0 Å². The van der Waals surface area contributed by atoms with Gasteiger partial charge in [0.15, 0.2) is 0 Å². The molecule has 0 radical (unpaired) electrons. The van der Waals surface area contributed by atoms with Crippen LogP contribution in [0.3, 0.4) is 0 Å². The van der Waals surface area contributed by atoms with Gasteiger partial charge in [-0.1, -0.05) is 18.2 Å². The highest BCUT2D eigenvalue weighted by Gasteiger charge is 2.03. The number of benzene rings is 1. The Balaban J connectivity index is 1.52. The quantitative estimate of drug-likeness (QED) is 0.560. The molecule has 0 bridgehead atoms. The van der Waals surface area contributed by atoms with Crippen LogP contribution in [0, 0.1) is 6.92 Å². The van der Waals surface area contributed by atoms with Crippen molar-refractivity contribution in [1.29, 1.82) is 0 Å². The molecule has 1 aromatic carbocycles. The second-order valence-electron chi connectivity index (χ2n) is 5.86. The fourth-order valence-electron chi connectivity index (χ4n) is 2.83. The third-order valence-electron chi connectivity index (χ3n) is 4.14. The molecule has 0 saturated heterocycles. The summed E-state index contributed by atoms with van der Waals surface area (Å²) in [6.07, 6.45) is 10.1. The van der Waals surface area contributed by atoms with Gasteiger partial charge in [-0.2, -0.15) is 0 Å². The minimum absolute atomic E-state index is 0.0645. The van der Waals surface area contributed by atoms with Crippen LogP contribution in [-0.2, 0) is 18.4 Å². The van der Waals surface area contributed by atoms with E-state index in [1.807, 2.05) is 44.6 Å². The molecule has 5 nitrogen and oxygen atoms in total. The van der Waals surface area contributed by atoms with Crippen molar-refractivity contribution in [1.82, 2.24) is 19.4 Å². The molecule has 1 N–H and O–H groups in total. The topological polar surface area (TPSA) is 51.9 Å². The molecule has 0 spiro atoms. The molecule has 24 heavy (non-hydrogen) atoms. The maximum Gasteiger partial charge on any atom is 0.244 e. The van der Waals surface area contributed by atoms with E-state index in [1.54, 1.807) is 12.3 Å². The Bertz CT molecular complexity index is 873. The summed E-state index contributed by atoms with van der Waals surface area (Å²) in [7, 11) is 2.01. The molecule has 0 unspecified atom stereocenters. The lowest BCUT2D eigenvalue weighted by atomic mass is 10.1. The number of carbonyl (C=O) groups excluding carboxylic acids is 1. The van der Waals surface area contributed by atoms with Crippen molar-refractivity contribution in [3.8, 4) is 0 Å². The number of para-hydroxylation sites is 1. The third kappa shape index (κ3) is 3.56. The molecule has 0 saturated carbocycles. The minimum Gasteiger partial charge on any atom is -0.352 e. The zero-order valence-corrected chi connectivity index (χ0v) is 14.1. The van der Waals surface area contributed by atoms with Gasteiger partial charge in [0.1, 0.15) is 5.82 Å². The number of imidazole rings is 1. The van der Waals surface area contributed by atoms with Crippen molar-refractivity contribution in [2.24, 2.45) is 7.05 Å². The molecule has 5 heteroatoms. The van der Waals surface area contributed by atoms with Gasteiger partial charge in [0, 0.05) is 61.3 Å². The van der Waals surface area contributed by atoms with Crippen LogP contribution in [0.25, 0.3) is 17.0 Å². The van der Waals surface area contributed by atoms with Crippen molar-refractivity contribution in [3.63, 3.8) is 0 Å². The van der Waals surface area contributed by atoms with Gasteiger partial charge >= 0.3 is 0 Å². The zero-order valence-electron chi connectivity index (χ0n) is 14.1. The largest absolute Gasteiger partial charge is 0.352 e. The van der Waals surface area contributed by atoms with Crippen LogP contribution in [-0.4, -0.2) is 26.6 Å². The summed E-state index contributed by atoms with van der Waals surface area (Å²) >= 11 is 0. The molecular weight excluding hydrogens is 300 g/mol. The average molecular weight is 322 g/mol. The predicted molar refractivity (Wildman–Crippen MR) is 96.5 cm³/mol. The summed E-state index contributed by atoms with van der Waals surface area (Å²) in [5, 5.41) is 4.08. The smallest absolute Gasteiger partial charge is 0.244 e. The second-order valence-corrected chi connectivity index (χ2v) is 5.86. The summed E-state index contributed by atoms with van der Waals surface area (Å²) in [5.74, 6) is 0.933. The molecule has 3 aromatic rings. The Morgan fingerprint density at radius 1 is 1.33 bits per heavy atom. The van der Waals surface area contributed by atoms with Gasteiger partial charge in [-0.05, 0) is 25.5 Å². The molecule has 2 heterocycles. The monoisotopic (exact) mass is 322 g/mol. The van der Waals surface area contributed by atoms with Crippen LogP contribution in [0.4, 0.5) is 0 Å². The summed E-state index contributed by atoms with van der Waals surface area (Å²) in [5.41, 5.74) is 2.21. The Morgan fingerprint density at radius 2 is 2.17 bits per heavy atom. The lowest BCUT2D eigenvalue weighted by Crippen LogP contribution is -2.23. The standard InChI is InChI=1S/C19H22N4O/c1-15-20-11-13-23(15)12-5-10-21-19(24)9-8-16-14-22(2)18-7-4-3-6-17(16)18/h3-4,6-9,11,13-14H,5,10,12H2,1-2H3,(H,21,24)/b9-8+. The zero-order chi connectivity index (χ0) is 16.9. The predicted octanol–water partition coefficient (Wildman–Crippen LogP) is 2.90. The van der Waals surface area contributed by atoms with Gasteiger partial charge in [-0.15, -0.1) is 0 Å². The van der Waals surface area contributed by atoms with E-state index in [-0.39, 0.29) is 5.91 Å². The van der Waals surface area contributed by atoms with Crippen LogP contribution in [0.5, 0.6) is 0 Å². The lowest BCUT2D eigenvalue weighted by Gasteiger charge is -2.05. The number of amides is 1. The molecule has 0 aliphatic carbocycles. The van der Waals surface area contributed by atoms with Crippen LogP contribution >= 0.6 is 0 Å². The fraction of sp³-hybridized carbons (Fsp3) is 0.263. The van der Waals surface area contributed by atoms with E-state index >= 15 is 0 Å². The fourth-order valence-corrected chi connectivity index (χ4v) is 2.83. The summed E-state index contributed by atoms with van der Waals surface area (Å²) in [6, 6.07) is 8.17. The molecule has 124 valence electrons. The van der Waals surface area contributed by atoms with Crippen molar-refractivity contribution < 1.29 is 4.79 Å². The van der Waals surface area contributed by atoms with E-state index in [4.69, 9.17) is 0 Å². The number of hydrogen-bond acceptors (Lipinski definition) is 2. The van der Waals surface area contributed by atoms with Crippen LogP contribution < -0.4 is 5.32 Å². The summed E-state index contributed by atoms with van der Waals surface area (Å²) in [6.45, 7) is 3.49. The highest BCUT2D eigenvalue weighted by Crippen LogP contribution is 2.21. The van der Waals surface area contributed by atoms with E-state index in [2.05, 4.69) is 31.6 Å². The van der Waals surface area contributed by atoms with Gasteiger partial charge in [0.05, 0.1) is 0 Å². The summed E-state index contributed by atoms with van der Waals surface area (Å²) in [4.78, 5) is 16.1. The van der Waals surface area contributed by atoms with Crippen LogP contribution in [0.1, 0.15) is 17.8 Å². The molecule has 0 aliphatic rings. The van der Waals surface area contributed by atoms with Gasteiger partial charge in [0.2, 0.25) is 5.91 Å². The third-order valence-corrected chi connectivity index (χ3v) is 4.14. The van der Waals surface area contributed by atoms with Crippen molar-refractivity contribution in [2.45, 2.75) is 19.9 Å². The SMILES string of the molecule is Cc1nccn1CCCNC(=O)/C=C/c1cn(C)c2ccccc12. The highest BCUT2D eigenvalue weighted by molar-refractivity contribution is 5.96. The number of carbonyl (C=O) groups is 1. The first-order valence-corrected chi connectivity index (χ1v) is 8.13. The number of nitrogens with zero attached hydrogens (tertiary/aromatic N) is 3. The van der Waals surface area contributed by atoms with E-state index in [9.17, 15) is 4.79 Å². The Hall–Kier alpha value is -2.82. The minimum atomic E-state index is -0.0645. The van der Waals surface area contributed by atoms with E-state index in [1.165, 1.54) is 0 Å². The number of rotatable bonds is 6. The number of fused-ring (bicyclic) bond motifs is 1.